The Kier molecular flexibility index (Phi) is 4.88. The molecule has 0 aromatic heterocycles. The molecule has 2 amide bonds. The third kappa shape index (κ3) is 4.19. The average Bonchev–Trinajstić information content (AvgIpc) is 2.44. The minimum atomic E-state index is -0.340. The number of hydrogen-bond donors (Lipinski definition) is 2. The van der Waals surface area contributed by atoms with Crippen molar-refractivity contribution >= 4 is 40.8 Å². The summed E-state index contributed by atoms with van der Waals surface area (Å²) in [5, 5.41) is 16.5. The second-order valence-corrected chi connectivity index (χ2v) is 5.10. The molecule has 2 aromatic carbocycles. The topological polar surface area (TPSA) is 64.9 Å². The molecule has 4 nitrogen and oxygen atoms in total. The van der Waals surface area contributed by atoms with Crippen molar-refractivity contribution in [1.82, 2.24) is 0 Å². The Morgan fingerprint density at radius 1 is 1.00 bits per heavy atom. The number of nitriles is 1. The van der Waals surface area contributed by atoms with Crippen LogP contribution in [0.25, 0.3) is 0 Å². The van der Waals surface area contributed by atoms with Crippen molar-refractivity contribution in [3.63, 3.8) is 0 Å². The van der Waals surface area contributed by atoms with Crippen LogP contribution in [-0.4, -0.2) is 6.03 Å². The van der Waals surface area contributed by atoms with E-state index >= 15 is 0 Å². The lowest BCUT2D eigenvalue weighted by Gasteiger charge is -2.07. The Labute approximate surface area is 125 Å². The van der Waals surface area contributed by atoms with Gasteiger partial charge in [-0.2, -0.15) is 5.26 Å². The van der Waals surface area contributed by atoms with E-state index < -0.39 is 0 Å². The van der Waals surface area contributed by atoms with Gasteiger partial charge in [-0.1, -0.05) is 11.6 Å². The number of halogens is 1. The highest BCUT2D eigenvalue weighted by Gasteiger charge is 2.03. The van der Waals surface area contributed by atoms with Gasteiger partial charge in [-0.05, 0) is 60.3 Å². The van der Waals surface area contributed by atoms with Gasteiger partial charge in [0.25, 0.3) is 0 Å². The summed E-state index contributed by atoms with van der Waals surface area (Å²) in [6, 6.07) is 13.5. The number of carbonyl (C=O) groups is 1. The summed E-state index contributed by atoms with van der Waals surface area (Å²) in [7, 11) is 0. The summed E-state index contributed by atoms with van der Waals surface area (Å²) in [4.78, 5) is 12.6. The molecule has 0 aliphatic heterocycles. The molecule has 0 bridgehead atoms. The zero-order chi connectivity index (χ0) is 14.4. The van der Waals surface area contributed by atoms with Crippen molar-refractivity contribution < 1.29 is 4.79 Å². The molecular weight excluding hydrogens is 294 g/mol. The lowest BCUT2D eigenvalue weighted by Crippen LogP contribution is -2.19. The molecule has 2 aromatic rings. The molecule has 0 aliphatic rings. The SMILES string of the molecule is N#CSc1ccc(NC(=O)Nc2ccc(Cl)cc2)cc1. The molecular formula is C14H10ClN3OS. The number of benzene rings is 2. The van der Waals surface area contributed by atoms with Crippen molar-refractivity contribution in [1.29, 1.82) is 5.26 Å². The van der Waals surface area contributed by atoms with Crippen LogP contribution in [-0.2, 0) is 0 Å². The Morgan fingerprint density at radius 2 is 1.50 bits per heavy atom. The van der Waals surface area contributed by atoms with Crippen LogP contribution in [0.1, 0.15) is 0 Å². The first-order valence-corrected chi connectivity index (χ1v) is 6.86. The second-order valence-electron chi connectivity index (χ2n) is 3.80. The molecule has 6 heteroatoms. The number of rotatable bonds is 3. The van der Waals surface area contributed by atoms with Gasteiger partial charge >= 0.3 is 6.03 Å². The van der Waals surface area contributed by atoms with E-state index in [1.54, 1.807) is 48.5 Å². The molecule has 0 spiro atoms. The molecule has 0 saturated carbocycles. The van der Waals surface area contributed by atoms with Crippen LogP contribution in [0.5, 0.6) is 0 Å². The number of thiocyanates is 1. The van der Waals surface area contributed by atoms with Gasteiger partial charge in [-0.25, -0.2) is 4.79 Å². The fourth-order valence-electron chi connectivity index (χ4n) is 1.49. The van der Waals surface area contributed by atoms with Gasteiger partial charge in [0.2, 0.25) is 0 Å². The third-order valence-corrected chi connectivity index (χ3v) is 3.23. The summed E-state index contributed by atoms with van der Waals surface area (Å²) in [5.41, 5.74) is 1.31. The van der Waals surface area contributed by atoms with E-state index in [0.29, 0.717) is 16.4 Å². The summed E-state index contributed by atoms with van der Waals surface area (Å²) < 4.78 is 0. The zero-order valence-corrected chi connectivity index (χ0v) is 11.8. The summed E-state index contributed by atoms with van der Waals surface area (Å²) in [6.45, 7) is 0. The molecule has 0 fully saturated rings. The van der Waals surface area contributed by atoms with Crippen LogP contribution in [0.4, 0.5) is 16.2 Å². The summed E-state index contributed by atoms with van der Waals surface area (Å²) >= 11 is 6.84. The van der Waals surface area contributed by atoms with Crippen molar-refractivity contribution in [2.75, 3.05) is 10.6 Å². The molecule has 0 atom stereocenters. The van der Waals surface area contributed by atoms with Crippen LogP contribution in [0.3, 0.4) is 0 Å². The third-order valence-electron chi connectivity index (χ3n) is 2.38. The Balaban J connectivity index is 1.94. The molecule has 0 unspecified atom stereocenters. The van der Waals surface area contributed by atoms with Crippen LogP contribution < -0.4 is 10.6 Å². The number of amides is 2. The van der Waals surface area contributed by atoms with E-state index in [4.69, 9.17) is 16.9 Å². The molecule has 0 radical (unpaired) electrons. The monoisotopic (exact) mass is 303 g/mol. The maximum Gasteiger partial charge on any atom is 0.323 e. The molecule has 20 heavy (non-hydrogen) atoms. The highest BCUT2D eigenvalue weighted by Crippen LogP contribution is 2.19. The number of urea groups is 1. The van der Waals surface area contributed by atoms with Gasteiger partial charge in [0.1, 0.15) is 5.40 Å². The summed E-state index contributed by atoms with van der Waals surface area (Å²) in [6.07, 6.45) is 0. The number of thioether (sulfide) groups is 1. The molecule has 0 saturated heterocycles. The Bertz CT molecular complexity index is 635. The minimum Gasteiger partial charge on any atom is -0.308 e. The molecule has 0 heterocycles. The zero-order valence-electron chi connectivity index (χ0n) is 10.3. The fraction of sp³-hybridized carbons (Fsp3) is 0. The van der Waals surface area contributed by atoms with Gasteiger partial charge in [-0.3, -0.25) is 0 Å². The van der Waals surface area contributed by atoms with E-state index in [-0.39, 0.29) is 6.03 Å². The standard InChI is InChI=1S/C14H10ClN3OS/c15-10-1-3-11(4-2-10)17-14(19)18-12-5-7-13(8-6-12)20-9-16/h1-8H,(H2,17,18,19). The quantitative estimate of drug-likeness (QED) is 0.645. The smallest absolute Gasteiger partial charge is 0.308 e. The molecule has 2 N–H and O–H groups in total. The molecule has 100 valence electrons. The normalized spacial score (nSPS) is 9.60. The largest absolute Gasteiger partial charge is 0.323 e. The minimum absolute atomic E-state index is 0.340. The first-order valence-electron chi connectivity index (χ1n) is 5.67. The maximum atomic E-state index is 11.8. The Morgan fingerprint density at radius 3 is 2.00 bits per heavy atom. The number of carbonyl (C=O) groups excluding carboxylic acids is 1. The number of hydrogen-bond acceptors (Lipinski definition) is 3. The van der Waals surface area contributed by atoms with Crippen molar-refractivity contribution in [2.24, 2.45) is 0 Å². The van der Waals surface area contributed by atoms with Gasteiger partial charge in [0, 0.05) is 21.3 Å². The van der Waals surface area contributed by atoms with E-state index in [2.05, 4.69) is 10.6 Å². The molecule has 0 aliphatic carbocycles. The fourth-order valence-corrected chi connectivity index (χ4v) is 1.99. The predicted octanol–water partition coefficient (Wildman–Crippen LogP) is 4.56. The Hall–Kier alpha value is -2.16. The second kappa shape index (κ2) is 6.85. The van der Waals surface area contributed by atoms with Gasteiger partial charge in [0.05, 0.1) is 0 Å². The van der Waals surface area contributed by atoms with Gasteiger partial charge < -0.3 is 10.6 Å². The predicted molar refractivity (Wildman–Crippen MR) is 82.0 cm³/mol. The lowest BCUT2D eigenvalue weighted by atomic mass is 10.3. The van der Waals surface area contributed by atoms with E-state index in [1.165, 1.54) is 0 Å². The first kappa shape index (κ1) is 14.3. The van der Waals surface area contributed by atoms with Crippen LogP contribution in [0.15, 0.2) is 53.4 Å². The van der Waals surface area contributed by atoms with Crippen molar-refractivity contribution in [3.8, 4) is 5.40 Å². The van der Waals surface area contributed by atoms with E-state index in [9.17, 15) is 4.79 Å². The van der Waals surface area contributed by atoms with Gasteiger partial charge in [0.15, 0.2) is 0 Å². The lowest BCUT2D eigenvalue weighted by molar-refractivity contribution is 0.262. The number of anilines is 2. The van der Waals surface area contributed by atoms with Gasteiger partial charge in [-0.15, -0.1) is 0 Å². The average molecular weight is 304 g/mol. The first-order chi connectivity index (χ1) is 9.67. The van der Waals surface area contributed by atoms with Crippen LogP contribution in [0.2, 0.25) is 5.02 Å². The van der Waals surface area contributed by atoms with E-state index in [0.717, 1.165) is 16.7 Å². The number of nitrogens with one attached hydrogen (secondary N) is 2. The molecule has 2 rings (SSSR count). The van der Waals surface area contributed by atoms with Crippen molar-refractivity contribution in [2.45, 2.75) is 4.90 Å². The van der Waals surface area contributed by atoms with Crippen LogP contribution >= 0.6 is 23.4 Å². The highest BCUT2D eigenvalue weighted by atomic mass is 35.5. The maximum absolute atomic E-state index is 11.8. The van der Waals surface area contributed by atoms with Crippen molar-refractivity contribution in [3.05, 3.63) is 53.6 Å². The highest BCUT2D eigenvalue weighted by molar-refractivity contribution is 8.03. The van der Waals surface area contributed by atoms with E-state index in [1.807, 2.05) is 5.40 Å². The number of nitrogens with zero attached hydrogens (tertiary/aromatic N) is 1. The summed E-state index contributed by atoms with van der Waals surface area (Å²) in [5.74, 6) is 0. The van der Waals surface area contributed by atoms with Crippen LogP contribution in [0, 0.1) is 10.7 Å².